The molecule has 2 aromatic carbocycles. The normalized spacial score (nSPS) is 13.1. The summed E-state index contributed by atoms with van der Waals surface area (Å²) in [6.45, 7) is 7.56. The average molecular weight is 371 g/mol. The highest BCUT2D eigenvalue weighted by Crippen LogP contribution is 2.26. The Morgan fingerprint density at radius 2 is 1.63 bits per heavy atom. The van der Waals surface area contributed by atoms with E-state index < -0.39 is 11.9 Å². The molecule has 0 aliphatic carbocycles. The molecule has 0 spiro atoms. The van der Waals surface area contributed by atoms with Crippen LogP contribution in [0.25, 0.3) is 0 Å². The number of rotatable bonds is 3. The standard InChI is InChI=1S/C19H23NO.C2H2O4/c1-14-15(2)19(21-3)9-8-17(14)12-20-11-10-16-6-4-5-7-18(16)13-20;3-1(4)2(5)6/h4-9H,10-13H2,1-3H3;(H,3,4)(H,5,6). The molecule has 144 valence electrons. The summed E-state index contributed by atoms with van der Waals surface area (Å²) < 4.78 is 5.40. The van der Waals surface area contributed by atoms with E-state index >= 15 is 0 Å². The van der Waals surface area contributed by atoms with Gasteiger partial charge in [0.25, 0.3) is 0 Å². The predicted octanol–water partition coefficient (Wildman–Crippen LogP) is 3.03. The van der Waals surface area contributed by atoms with Crippen LogP contribution in [0.3, 0.4) is 0 Å². The minimum absolute atomic E-state index is 0.986. The third kappa shape index (κ3) is 5.31. The fourth-order valence-corrected chi connectivity index (χ4v) is 3.17. The van der Waals surface area contributed by atoms with Crippen LogP contribution in [0.2, 0.25) is 0 Å². The molecule has 0 fully saturated rings. The largest absolute Gasteiger partial charge is 0.496 e. The molecule has 0 saturated carbocycles. The highest BCUT2D eigenvalue weighted by Gasteiger charge is 2.17. The van der Waals surface area contributed by atoms with Gasteiger partial charge in [-0.05, 0) is 54.2 Å². The molecule has 6 heteroatoms. The molecule has 27 heavy (non-hydrogen) atoms. The first-order chi connectivity index (χ1) is 12.8. The van der Waals surface area contributed by atoms with Crippen molar-refractivity contribution in [3.63, 3.8) is 0 Å². The van der Waals surface area contributed by atoms with E-state index in [9.17, 15) is 0 Å². The monoisotopic (exact) mass is 371 g/mol. The molecule has 6 nitrogen and oxygen atoms in total. The van der Waals surface area contributed by atoms with Crippen LogP contribution >= 0.6 is 0 Å². The molecule has 0 unspecified atom stereocenters. The second kappa shape index (κ2) is 9.19. The molecule has 0 atom stereocenters. The van der Waals surface area contributed by atoms with Crippen LogP contribution in [-0.4, -0.2) is 40.7 Å². The molecule has 3 rings (SSSR count). The van der Waals surface area contributed by atoms with Gasteiger partial charge in [0.05, 0.1) is 7.11 Å². The summed E-state index contributed by atoms with van der Waals surface area (Å²) in [4.78, 5) is 20.7. The zero-order chi connectivity index (χ0) is 20.0. The molecular weight excluding hydrogens is 346 g/mol. The van der Waals surface area contributed by atoms with Gasteiger partial charge in [-0.1, -0.05) is 30.3 Å². The van der Waals surface area contributed by atoms with E-state index in [1.165, 1.54) is 27.8 Å². The molecule has 1 aliphatic rings. The number of carboxylic acid groups (broad SMARTS) is 2. The lowest BCUT2D eigenvalue weighted by Gasteiger charge is -2.29. The van der Waals surface area contributed by atoms with E-state index in [-0.39, 0.29) is 0 Å². The van der Waals surface area contributed by atoms with Crippen molar-refractivity contribution >= 4 is 11.9 Å². The average Bonchev–Trinajstić information content (AvgIpc) is 2.66. The highest BCUT2D eigenvalue weighted by atomic mass is 16.5. The number of ether oxygens (including phenoxy) is 1. The molecule has 0 radical (unpaired) electrons. The second-order valence-electron chi connectivity index (χ2n) is 6.52. The van der Waals surface area contributed by atoms with E-state index in [1.807, 2.05) is 0 Å². The Hall–Kier alpha value is -2.86. The summed E-state index contributed by atoms with van der Waals surface area (Å²) >= 11 is 0. The Morgan fingerprint density at radius 3 is 2.22 bits per heavy atom. The predicted molar refractivity (Wildman–Crippen MR) is 102 cm³/mol. The molecule has 1 heterocycles. The molecule has 0 bridgehead atoms. The topological polar surface area (TPSA) is 87.1 Å². The van der Waals surface area contributed by atoms with Gasteiger partial charge in [-0.2, -0.15) is 0 Å². The first kappa shape index (κ1) is 20.5. The molecule has 2 aromatic rings. The van der Waals surface area contributed by atoms with Gasteiger partial charge >= 0.3 is 11.9 Å². The highest BCUT2D eigenvalue weighted by molar-refractivity contribution is 6.27. The summed E-state index contributed by atoms with van der Waals surface area (Å²) in [5, 5.41) is 14.8. The van der Waals surface area contributed by atoms with Crippen LogP contribution in [0.5, 0.6) is 5.75 Å². The van der Waals surface area contributed by atoms with Crippen molar-refractivity contribution in [1.82, 2.24) is 4.90 Å². The van der Waals surface area contributed by atoms with Crippen molar-refractivity contribution in [3.05, 3.63) is 64.2 Å². The van der Waals surface area contributed by atoms with Crippen molar-refractivity contribution in [2.24, 2.45) is 0 Å². The molecule has 0 amide bonds. The Bertz CT molecular complexity index is 819. The van der Waals surface area contributed by atoms with E-state index in [2.05, 4.69) is 55.1 Å². The summed E-state index contributed by atoms with van der Waals surface area (Å²) in [5.41, 5.74) is 7.01. The third-order valence-electron chi connectivity index (χ3n) is 4.86. The minimum atomic E-state index is -1.82. The van der Waals surface area contributed by atoms with Crippen LogP contribution in [0.15, 0.2) is 36.4 Å². The minimum Gasteiger partial charge on any atom is -0.496 e. The van der Waals surface area contributed by atoms with E-state index in [1.54, 1.807) is 7.11 Å². The molecule has 0 aromatic heterocycles. The number of methoxy groups -OCH3 is 1. The third-order valence-corrected chi connectivity index (χ3v) is 4.86. The lowest BCUT2D eigenvalue weighted by atomic mass is 9.98. The molecule has 1 aliphatic heterocycles. The number of hydrogen-bond donors (Lipinski definition) is 2. The Labute approximate surface area is 159 Å². The second-order valence-corrected chi connectivity index (χ2v) is 6.52. The van der Waals surface area contributed by atoms with Crippen molar-refractivity contribution in [2.75, 3.05) is 13.7 Å². The lowest BCUT2D eigenvalue weighted by molar-refractivity contribution is -0.159. The van der Waals surface area contributed by atoms with E-state index in [4.69, 9.17) is 24.5 Å². The summed E-state index contributed by atoms with van der Waals surface area (Å²) in [5.74, 6) is -2.66. The van der Waals surface area contributed by atoms with Crippen LogP contribution < -0.4 is 4.74 Å². The van der Waals surface area contributed by atoms with Gasteiger partial charge in [0.2, 0.25) is 0 Å². The Balaban J connectivity index is 0.000000380. The zero-order valence-corrected chi connectivity index (χ0v) is 15.9. The Kier molecular flexibility index (Phi) is 6.96. The number of benzene rings is 2. The fraction of sp³-hybridized carbons (Fsp3) is 0.333. The number of nitrogens with zero attached hydrogens (tertiary/aromatic N) is 1. The van der Waals surface area contributed by atoms with Gasteiger partial charge in [-0.15, -0.1) is 0 Å². The summed E-state index contributed by atoms with van der Waals surface area (Å²) in [7, 11) is 1.74. The molecule has 0 saturated heterocycles. The lowest BCUT2D eigenvalue weighted by Crippen LogP contribution is -2.30. The van der Waals surface area contributed by atoms with E-state index in [0.717, 1.165) is 31.8 Å². The summed E-state index contributed by atoms with van der Waals surface area (Å²) in [6.07, 6.45) is 1.16. The quantitative estimate of drug-likeness (QED) is 0.807. The van der Waals surface area contributed by atoms with Crippen LogP contribution in [0.1, 0.15) is 27.8 Å². The van der Waals surface area contributed by atoms with Gasteiger partial charge in [-0.25, -0.2) is 9.59 Å². The van der Waals surface area contributed by atoms with Crippen LogP contribution in [0, 0.1) is 13.8 Å². The van der Waals surface area contributed by atoms with Crippen molar-refractivity contribution in [3.8, 4) is 5.75 Å². The van der Waals surface area contributed by atoms with Crippen molar-refractivity contribution in [2.45, 2.75) is 33.4 Å². The molecular formula is C21H25NO5. The van der Waals surface area contributed by atoms with Gasteiger partial charge in [-0.3, -0.25) is 4.90 Å². The maximum absolute atomic E-state index is 9.10. The van der Waals surface area contributed by atoms with Gasteiger partial charge in [0.15, 0.2) is 0 Å². The van der Waals surface area contributed by atoms with E-state index in [0.29, 0.717) is 0 Å². The maximum atomic E-state index is 9.10. The fourth-order valence-electron chi connectivity index (χ4n) is 3.17. The SMILES string of the molecule is COc1ccc(CN2CCc3ccccc3C2)c(C)c1C.O=C(O)C(=O)O. The van der Waals surface area contributed by atoms with Crippen molar-refractivity contribution in [1.29, 1.82) is 0 Å². The Morgan fingerprint density at radius 1 is 1.00 bits per heavy atom. The first-order valence-corrected chi connectivity index (χ1v) is 8.72. The smallest absolute Gasteiger partial charge is 0.414 e. The summed E-state index contributed by atoms with van der Waals surface area (Å²) in [6, 6.07) is 13.1. The number of fused-ring (bicyclic) bond motifs is 1. The first-order valence-electron chi connectivity index (χ1n) is 8.72. The van der Waals surface area contributed by atoms with Crippen LogP contribution in [0.4, 0.5) is 0 Å². The van der Waals surface area contributed by atoms with Gasteiger partial charge < -0.3 is 14.9 Å². The number of carbonyl (C=O) groups is 2. The van der Waals surface area contributed by atoms with Crippen LogP contribution in [-0.2, 0) is 29.1 Å². The van der Waals surface area contributed by atoms with Crippen molar-refractivity contribution < 1.29 is 24.5 Å². The number of aliphatic carboxylic acids is 2. The number of hydrogen-bond acceptors (Lipinski definition) is 4. The van der Waals surface area contributed by atoms with Gasteiger partial charge in [0, 0.05) is 19.6 Å². The van der Waals surface area contributed by atoms with Gasteiger partial charge in [0.1, 0.15) is 5.75 Å². The maximum Gasteiger partial charge on any atom is 0.414 e. The number of carboxylic acids is 2. The zero-order valence-electron chi connectivity index (χ0n) is 15.9. The molecule has 2 N–H and O–H groups in total.